The number of ether oxygens (including phenoxy) is 1. The molecule has 0 aliphatic heterocycles. The summed E-state index contributed by atoms with van der Waals surface area (Å²) in [7, 11) is 0. The van der Waals surface area contributed by atoms with Gasteiger partial charge in [0.25, 0.3) is 0 Å². The Morgan fingerprint density at radius 2 is 1.80 bits per heavy atom. The first-order valence-corrected chi connectivity index (χ1v) is 8.24. The van der Waals surface area contributed by atoms with Crippen molar-refractivity contribution in [2.75, 3.05) is 6.54 Å². The Bertz CT molecular complexity index is 364. The first-order chi connectivity index (χ1) is 9.76. The molecule has 1 aromatic carbocycles. The Kier molecular flexibility index (Phi) is 8.36. The molecule has 0 aliphatic carbocycles. The summed E-state index contributed by atoms with van der Waals surface area (Å²) in [5.74, 6) is 1.06. The van der Waals surface area contributed by atoms with Crippen LogP contribution in [0.2, 0.25) is 0 Å². The summed E-state index contributed by atoms with van der Waals surface area (Å²) in [4.78, 5) is 0. The molecular formula is C18H31NO. The molecule has 0 amide bonds. The summed E-state index contributed by atoms with van der Waals surface area (Å²) in [6.45, 7) is 9.93. The van der Waals surface area contributed by atoms with Crippen molar-refractivity contribution in [2.24, 2.45) is 0 Å². The molecule has 2 heteroatoms. The van der Waals surface area contributed by atoms with E-state index in [1.165, 1.54) is 24.8 Å². The number of hydrogen-bond acceptors (Lipinski definition) is 2. The average Bonchev–Trinajstić information content (AvgIpc) is 2.49. The summed E-state index contributed by atoms with van der Waals surface area (Å²) in [5.41, 5.74) is 1.30. The van der Waals surface area contributed by atoms with Gasteiger partial charge in [0.15, 0.2) is 0 Å². The molecule has 0 spiro atoms. The van der Waals surface area contributed by atoms with Gasteiger partial charge in [-0.25, -0.2) is 0 Å². The maximum absolute atomic E-state index is 6.33. The van der Waals surface area contributed by atoms with Crippen LogP contribution in [-0.4, -0.2) is 18.7 Å². The highest BCUT2D eigenvalue weighted by molar-refractivity contribution is 5.33. The highest BCUT2D eigenvalue weighted by Gasteiger charge is 2.21. The van der Waals surface area contributed by atoms with Crippen molar-refractivity contribution in [3.63, 3.8) is 0 Å². The van der Waals surface area contributed by atoms with Crippen LogP contribution in [0.1, 0.15) is 58.9 Å². The molecule has 2 unspecified atom stereocenters. The quantitative estimate of drug-likeness (QED) is 0.676. The Morgan fingerprint density at radius 3 is 2.40 bits per heavy atom. The highest BCUT2D eigenvalue weighted by atomic mass is 16.5. The third-order valence-corrected chi connectivity index (χ3v) is 3.74. The van der Waals surface area contributed by atoms with E-state index in [-0.39, 0.29) is 6.10 Å². The molecule has 2 nitrogen and oxygen atoms in total. The molecule has 0 radical (unpaired) electrons. The molecule has 0 aliphatic rings. The van der Waals surface area contributed by atoms with Gasteiger partial charge in [-0.2, -0.15) is 0 Å². The lowest BCUT2D eigenvalue weighted by molar-refractivity contribution is 0.141. The number of hydrogen-bond donors (Lipinski definition) is 1. The lowest BCUT2D eigenvalue weighted by atomic mass is 10.0. The molecule has 0 fully saturated rings. The van der Waals surface area contributed by atoms with Gasteiger partial charge in [-0.1, -0.05) is 52.3 Å². The van der Waals surface area contributed by atoms with Gasteiger partial charge >= 0.3 is 0 Å². The molecular weight excluding hydrogens is 246 g/mol. The third-order valence-electron chi connectivity index (χ3n) is 3.74. The second-order valence-electron chi connectivity index (χ2n) is 5.38. The Balaban J connectivity index is 2.76. The van der Waals surface area contributed by atoms with E-state index in [2.05, 4.69) is 57.3 Å². The fourth-order valence-electron chi connectivity index (χ4n) is 2.58. The van der Waals surface area contributed by atoms with Gasteiger partial charge in [0.05, 0.1) is 0 Å². The van der Waals surface area contributed by atoms with Crippen LogP contribution in [-0.2, 0) is 6.42 Å². The summed E-state index contributed by atoms with van der Waals surface area (Å²) in [6.07, 6.45) is 5.85. The van der Waals surface area contributed by atoms with Gasteiger partial charge in [0, 0.05) is 6.04 Å². The first-order valence-electron chi connectivity index (χ1n) is 8.24. The molecule has 20 heavy (non-hydrogen) atoms. The van der Waals surface area contributed by atoms with E-state index in [0.29, 0.717) is 6.04 Å². The van der Waals surface area contributed by atoms with Crippen molar-refractivity contribution < 1.29 is 4.74 Å². The van der Waals surface area contributed by atoms with Crippen molar-refractivity contribution in [1.29, 1.82) is 0 Å². The normalized spacial score (nSPS) is 14.0. The molecule has 1 N–H and O–H groups in total. The van der Waals surface area contributed by atoms with Gasteiger partial charge in [0.2, 0.25) is 0 Å². The second kappa shape index (κ2) is 9.82. The van der Waals surface area contributed by atoms with Crippen molar-refractivity contribution in [3.05, 3.63) is 29.8 Å². The number of rotatable bonds is 10. The molecule has 114 valence electrons. The summed E-state index contributed by atoms with van der Waals surface area (Å²) in [5, 5.41) is 3.65. The molecule has 0 bridgehead atoms. The van der Waals surface area contributed by atoms with E-state index in [1.54, 1.807) is 0 Å². The van der Waals surface area contributed by atoms with Crippen LogP contribution in [0.15, 0.2) is 24.3 Å². The van der Waals surface area contributed by atoms with E-state index in [4.69, 9.17) is 4.74 Å². The SMILES string of the molecule is CCCNC(CCC)C(CC)Oc1ccccc1CC. The average molecular weight is 277 g/mol. The lowest BCUT2D eigenvalue weighted by Crippen LogP contribution is -2.43. The lowest BCUT2D eigenvalue weighted by Gasteiger charge is -2.28. The van der Waals surface area contributed by atoms with E-state index in [9.17, 15) is 0 Å². The minimum absolute atomic E-state index is 0.259. The van der Waals surface area contributed by atoms with Gasteiger partial charge in [0.1, 0.15) is 11.9 Å². The van der Waals surface area contributed by atoms with Crippen molar-refractivity contribution in [1.82, 2.24) is 5.32 Å². The number of nitrogens with one attached hydrogen (secondary N) is 1. The van der Waals surface area contributed by atoms with Crippen molar-refractivity contribution in [2.45, 2.75) is 71.9 Å². The Hall–Kier alpha value is -1.02. The number of benzene rings is 1. The largest absolute Gasteiger partial charge is 0.489 e. The fourth-order valence-corrected chi connectivity index (χ4v) is 2.58. The maximum Gasteiger partial charge on any atom is 0.122 e. The smallest absolute Gasteiger partial charge is 0.122 e. The molecule has 1 rings (SSSR count). The zero-order valence-electron chi connectivity index (χ0n) is 13.6. The van der Waals surface area contributed by atoms with Crippen molar-refractivity contribution in [3.8, 4) is 5.75 Å². The van der Waals surface area contributed by atoms with Crippen LogP contribution in [0.25, 0.3) is 0 Å². The van der Waals surface area contributed by atoms with Crippen LogP contribution in [0.3, 0.4) is 0 Å². The number of aryl methyl sites for hydroxylation is 1. The zero-order valence-corrected chi connectivity index (χ0v) is 13.6. The van der Waals surface area contributed by atoms with E-state index < -0.39 is 0 Å². The van der Waals surface area contributed by atoms with Crippen LogP contribution in [0.5, 0.6) is 5.75 Å². The van der Waals surface area contributed by atoms with Crippen LogP contribution < -0.4 is 10.1 Å². The molecule has 0 saturated heterocycles. The van der Waals surface area contributed by atoms with E-state index in [1.807, 2.05) is 0 Å². The molecule has 1 aromatic rings. The van der Waals surface area contributed by atoms with Crippen LogP contribution in [0, 0.1) is 0 Å². The predicted molar refractivity (Wildman–Crippen MR) is 87.5 cm³/mol. The van der Waals surface area contributed by atoms with E-state index >= 15 is 0 Å². The first kappa shape index (κ1) is 17.0. The molecule has 2 atom stereocenters. The molecule has 0 saturated carbocycles. The van der Waals surface area contributed by atoms with Gasteiger partial charge < -0.3 is 10.1 Å². The monoisotopic (exact) mass is 277 g/mol. The summed E-state index contributed by atoms with van der Waals surface area (Å²) >= 11 is 0. The maximum atomic E-state index is 6.33. The third kappa shape index (κ3) is 5.16. The predicted octanol–water partition coefficient (Wildman–Crippen LogP) is 4.57. The number of para-hydroxylation sites is 1. The second-order valence-corrected chi connectivity index (χ2v) is 5.38. The van der Waals surface area contributed by atoms with E-state index in [0.717, 1.165) is 25.1 Å². The molecule has 0 heterocycles. The summed E-state index contributed by atoms with van der Waals surface area (Å²) in [6, 6.07) is 8.87. The van der Waals surface area contributed by atoms with Crippen LogP contribution in [0.4, 0.5) is 0 Å². The highest BCUT2D eigenvalue weighted by Crippen LogP contribution is 2.22. The van der Waals surface area contributed by atoms with Gasteiger partial charge in [-0.05, 0) is 43.9 Å². The minimum atomic E-state index is 0.259. The minimum Gasteiger partial charge on any atom is -0.489 e. The topological polar surface area (TPSA) is 21.3 Å². The molecule has 0 aromatic heterocycles. The van der Waals surface area contributed by atoms with Gasteiger partial charge in [-0.3, -0.25) is 0 Å². The Labute approximate surface area is 124 Å². The van der Waals surface area contributed by atoms with Crippen molar-refractivity contribution >= 4 is 0 Å². The van der Waals surface area contributed by atoms with Crippen LogP contribution >= 0.6 is 0 Å². The summed E-state index contributed by atoms with van der Waals surface area (Å²) < 4.78 is 6.33. The zero-order chi connectivity index (χ0) is 14.8. The fraction of sp³-hybridized carbons (Fsp3) is 0.667. The van der Waals surface area contributed by atoms with Gasteiger partial charge in [-0.15, -0.1) is 0 Å². The Morgan fingerprint density at radius 1 is 1.05 bits per heavy atom. The standard InChI is InChI=1S/C18H31NO/c1-5-11-16(19-14-6-2)17(8-4)20-18-13-10-9-12-15(18)7-3/h9-10,12-13,16-17,19H,5-8,11,14H2,1-4H3.